The maximum absolute atomic E-state index is 11.1. The second-order valence-corrected chi connectivity index (χ2v) is 4.03. The lowest BCUT2D eigenvalue weighted by Crippen LogP contribution is -2.20. The monoisotopic (exact) mass is 263 g/mol. The number of nitrogens with two attached hydrogens (primary N) is 1. The molecule has 8 nitrogen and oxygen atoms in total. The van der Waals surface area contributed by atoms with Crippen molar-refractivity contribution in [3.63, 3.8) is 0 Å². The van der Waals surface area contributed by atoms with E-state index in [1.807, 2.05) is 0 Å². The molecule has 0 bridgehead atoms. The molecular weight excluding hydrogens is 250 g/mol. The number of aromatic nitrogens is 2. The van der Waals surface area contributed by atoms with Crippen LogP contribution in [0.3, 0.4) is 0 Å². The molecule has 0 atom stereocenters. The number of aryl methyl sites for hydroxylation is 1. The van der Waals surface area contributed by atoms with Gasteiger partial charge in [0.15, 0.2) is 0 Å². The van der Waals surface area contributed by atoms with Gasteiger partial charge in [-0.2, -0.15) is 4.98 Å². The van der Waals surface area contributed by atoms with E-state index in [-0.39, 0.29) is 23.1 Å². The van der Waals surface area contributed by atoms with Gasteiger partial charge < -0.3 is 15.1 Å². The highest BCUT2D eigenvalue weighted by Gasteiger charge is 2.24. The number of nitrogen functional groups attached to an aromatic ring is 1. The predicted molar refractivity (Wildman–Crippen MR) is 68.7 cm³/mol. The first-order valence-electron chi connectivity index (χ1n) is 5.51. The minimum atomic E-state index is -0.511. The third-order valence-corrected chi connectivity index (χ3v) is 2.57. The van der Waals surface area contributed by atoms with Crippen LogP contribution >= 0.6 is 0 Å². The van der Waals surface area contributed by atoms with Crippen molar-refractivity contribution in [1.29, 1.82) is 0 Å². The molecule has 8 heteroatoms. The maximum atomic E-state index is 11.1. The molecule has 0 aliphatic rings. The Hall–Kier alpha value is -2.64. The summed E-state index contributed by atoms with van der Waals surface area (Å²) >= 11 is 0. The van der Waals surface area contributed by atoms with Gasteiger partial charge in [-0.05, 0) is 19.1 Å². The largest absolute Gasteiger partial charge is 0.467 e. The Morgan fingerprint density at radius 3 is 2.84 bits per heavy atom. The van der Waals surface area contributed by atoms with Crippen LogP contribution in [0, 0.1) is 17.0 Å². The molecule has 0 fully saturated rings. The molecule has 0 aromatic carbocycles. The summed E-state index contributed by atoms with van der Waals surface area (Å²) in [7, 11) is 1.68. The zero-order chi connectivity index (χ0) is 14.0. The van der Waals surface area contributed by atoms with Gasteiger partial charge in [-0.25, -0.2) is 4.98 Å². The van der Waals surface area contributed by atoms with E-state index in [2.05, 4.69) is 9.97 Å². The summed E-state index contributed by atoms with van der Waals surface area (Å²) in [6.07, 6.45) is 1.54. The maximum Gasteiger partial charge on any atom is 0.332 e. The molecule has 2 rings (SSSR count). The molecule has 0 spiro atoms. The van der Waals surface area contributed by atoms with Crippen molar-refractivity contribution >= 4 is 17.5 Å². The van der Waals surface area contributed by atoms with Gasteiger partial charge in [-0.3, -0.25) is 10.1 Å². The highest BCUT2D eigenvalue weighted by Crippen LogP contribution is 2.29. The highest BCUT2D eigenvalue weighted by atomic mass is 16.6. The van der Waals surface area contributed by atoms with Crippen molar-refractivity contribution in [2.75, 3.05) is 17.7 Å². The zero-order valence-electron chi connectivity index (χ0n) is 10.5. The molecular formula is C11H13N5O3. The molecule has 19 heavy (non-hydrogen) atoms. The third-order valence-electron chi connectivity index (χ3n) is 2.57. The number of hydrogen-bond acceptors (Lipinski definition) is 7. The third kappa shape index (κ3) is 2.62. The van der Waals surface area contributed by atoms with E-state index in [0.29, 0.717) is 12.3 Å². The summed E-state index contributed by atoms with van der Waals surface area (Å²) in [6, 6.07) is 3.52. The first kappa shape index (κ1) is 12.8. The lowest BCUT2D eigenvalue weighted by molar-refractivity contribution is -0.385. The van der Waals surface area contributed by atoms with Gasteiger partial charge >= 0.3 is 5.69 Å². The summed E-state index contributed by atoms with van der Waals surface area (Å²) in [5.41, 5.74) is 5.63. The second kappa shape index (κ2) is 4.92. The lowest BCUT2D eigenvalue weighted by atomic mass is 10.3. The average molecular weight is 263 g/mol. The number of nitrogens with zero attached hydrogens (tertiary/aromatic N) is 4. The Bertz CT molecular complexity index is 597. The number of rotatable bonds is 4. The van der Waals surface area contributed by atoms with E-state index in [9.17, 15) is 10.1 Å². The Balaban J connectivity index is 2.40. The smallest absolute Gasteiger partial charge is 0.332 e. The Kier molecular flexibility index (Phi) is 3.32. The SMILES string of the molecule is Cc1nc(N)nc(N(C)Cc2ccco2)c1[N+](=O)[O-]. The average Bonchev–Trinajstić information content (AvgIpc) is 2.79. The molecule has 0 aliphatic carbocycles. The fraction of sp³-hybridized carbons (Fsp3) is 0.273. The summed E-state index contributed by atoms with van der Waals surface area (Å²) in [6.45, 7) is 1.88. The van der Waals surface area contributed by atoms with E-state index in [4.69, 9.17) is 10.2 Å². The first-order chi connectivity index (χ1) is 8.99. The van der Waals surface area contributed by atoms with Crippen LogP contribution in [0.25, 0.3) is 0 Å². The standard InChI is InChI=1S/C11H13N5O3/c1-7-9(16(17)18)10(14-11(12)13-7)15(2)6-8-4-3-5-19-8/h3-5H,6H2,1-2H3,(H2,12,13,14). The summed E-state index contributed by atoms with van der Waals surface area (Å²) in [5, 5.41) is 11.1. The molecule has 2 aromatic rings. The predicted octanol–water partition coefficient (Wildman–Crippen LogP) is 1.50. The van der Waals surface area contributed by atoms with Crippen molar-refractivity contribution in [2.24, 2.45) is 0 Å². The Morgan fingerprint density at radius 1 is 1.53 bits per heavy atom. The molecule has 0 radical (unpaired) electrons. The zero-order valence-corrected chi connectivity index (χ0v) is 10.5. The number of hydrogen-bond donors (Lipinski definition) is 1. The Labute approximate surface area is 109 Å². The van der Waals surface area contributed by atoms with Gasteiger partial charge in [0.05, 0.1) is 17.7 Å². The molecule has 0 aliphatic heterocycles. The number of nitro groups is 1. The molecule has 0 saturated heterocycles. The van der Waals surface area contributed by atoms with Gasteiger partial charge in [-0.15, -0.1) is 0 Å². The van der Waals surface area contributed by atoms with Gasteiger partial charge in [0.25, 0.3) is 0 Å². The van der Waals surface area contributed by atoms with Crippen LogP contribution in [-0.2, 0) is 6.54 Å². The van der Waals surface area contributed by atoms with Crippen LogP contribution < -0.4 is 10.6 Å². The minimum absolute atomic E-state index is 0.00407. The lowest BCUT2D eigenvalue weighted by Gasteiger charge is -2.17. The second-order valence-electron chi connectivity index (χ2n) is 4.03. The van der Waals surface area contributed by atoms with Crippen LogP contribution in [0.2, 0.25) is 0 Å². The van der Waals surface area contributed by atoms with Gasteiger partial charge in [0.2, 0.25) is 11.8 Å². The van der Waals surface area contributed by atoms with Gasteiger partial charge in [0.1, 0.15) is 11.5 Å². The van der Waals surface area contributed by atoms with Crippen molar-refractivity contribution < 1.29 is 9.34 Å². The molecule has 2 heterocycles. The van der Waals surface area contributed by atoms with Crippen molar-refractivity contribution in [3.05, 3.63) is 40.0 Å². The molecule has 0 unspecified atom stereocenters. The summed E-state index contributed by atoms with van der Waals surface area (Å²) in [5.74, 6) is 0.849. The molecule has 100 valence electrons. The minimum Gasteiger partial charge on any atom is -0.467 e. The van der Waals surface area contributed by atoms with Crippen LogP contribution in [0.4, 0.5) is 17.5 Å². The van der Waals surface area contributed by atoms with Crippen molar-refractivity contribution in [3.8, 4) is 0 Å². The fourth-order valence-electron chi connectivity index (χ4n) is 1.76. The van der Waals surface area contributed by atoms with E-state index < -0.39 is 4.92 Å². The number of anilines is 2. The van der Waals surface area contributed by atoms with Gasteiger partial charge in [-0.1, -0.05) is 0 Å². The normalized spacial score (nSPS) is 10.4. The quantitative estimate of drug-likeness (QED) is 0.657. The molecule has 0 amide bonds. The molecule has 2 N–H and O–H groups in total. The Morgan fingerprint density at radius 2 is 2.26 bits per heavy atom. The summed E-state index contributed by atoms with van der Waals surface area (Å²) in [4.78, 5) is 19.9. The molecule has 2 aromatic heterocycles. The van der Waals surface area contributed by atoms with Crippen LogP contribution in [0.1, 0.15) is 11.5 Å². The molecule has 0 saturated carbocycles. The van der Waals surface area contributed by atoms with Crippen molar-refractivity contribution in [1.82, 2.24) is 9.97 Å². The van der Waals surface area contributed by atoms with E-state index in [1.54, 1.807) is 24.1 Å². The van der Waals surface area contributed by atoms with Crippen molar-refractivity contribution in [2.45, 2.75) is 13.5 Å². The van der Waals surface area contributed by atoms with Gasteiger partial charge in [0, 0.05) is 7.05 Å². The first-order valence-corrected chi connectivity index (χ1v) is 5.51. The van der Waals surface area contributed by atoms with E-state index in [0.717, 1.165) is 0 Å². The highest BCUT2D eigenvalue weighted by molar-refractivity contribution is 5.61. The van der Waals surface area contributed by atoms with Crippen LogP contribution in [0.5, 0.6) is 0 Å². The van der Waals surface area contributed by atoms with Crippen LogP contribution in [-0.4, -0.2) is 21.9 Å². The topological polar surface area (TPSA) is 111 Å². The number of furan rings is 1. The van der Waals surface area contributed by atoms with E-state index >= 15 is 0 Å². The van der Waals surface area contributed by atoms with Crippen LogP contribution in [0.15, 0.2) is 22.8 Å². The summed E-state index contributed by atoms with van der Waals surface area (Å²) < 4.78 is 5.20. The van der Waals surface area contributed by atoms with E-state index in [1.165, 1.54) is 13.2 Å². The fourth-order valence-corrected chi connectivity index (χ4v) is 1.76.